The minimum atomic E-state index is -1.67. The predicted octanol–water partition coefficient (Wildman–Crippen LogP) is 0.149. The number of hydrogen-bond acceptors (Lipinski definition) is 4. The van der Waals surface area contributed by atoms with Crippen LogP contribution in [0.2, 0.25) is 0 Å². The van der Waals surface area contributed by atoms with E-state index in [4.69, 9.17) is 10.2 Å². The molecule has 0 bridgehead atoms. The maximum absolute atomic E-state index is 11.0. The number of carboxylic acid groups (broad SMARTS) is 2. The first-order valence-corrected chi connectivity index (χ1v) is 3.78. The van der Waals surface area contributed by atoms with E-state index < -0.39 is 34.2 Å². The van der Waals surface area contributed by atoms with E-state index >= 15 is 0 Å². The highest BCUT2D eigenvalue weighted by atomic mass is 16.4. The Labute approximate surface area is 83.0 Å². The molecule has 78 valence electrons. The molecule has 0 fully saturated rings. The number of aromatic carboxylic acids is 2. The maximum atomic E-state index is 11.0. The third kappa shape index (κ3) is 1.93. The van der Waals surface area contributed by atoms with E-state index in [9.17, 15) is 19.5 Å². The summed E-state index contributed by atoms with van der Waals surface area (Å²) >= 11 is 0. The molecule has 0 amide bonds. The van der Waals surface area contributed by atoms with Gasteiger partial charge in [0.1, 0.15) is 5.56 Å². The van der Waals surface area contributed by atoms with Crippen molar-refractivity contribution >= 4 is 11.9 Å². The van der Waals surface area contributed by atoms with Gasteiger partial charge in [-0.15, -0.1) is 0 Å². The van der Waals surface area contributed by atoms with Crippen LogP contribution in [0.25, 0.3) is 0 Å². The average molecular weight is 210 g/mol. The number of rotatable bonds is 2. The highest BCUT2D eigenvalue weighted by molar-refractivity contribution is 6.03. The number of carbonyl (C=O) groups is 2. The molecule has 0 atom stereocenters. The Balaban J connectivity index is 3.77. The Morgan fingerprint density at radius 3 is 2.13 bits per heavy atom. The lowest BCUT2D eigenvalue weighted by molar-refractivity contribution is 0.0649. The van der Waals surface area contributed by atoms with Gasteiger partial charge in [0.2, 0.25) is 5.43 Å². The van der Waals surface area contributed by atoms with Crippen molar-refractivity contribution in [3.8, 4) is 5.75 Å². The molecule has 15 heavy (non-hydrogen) atoms. The second kappa shape index (κ2) is 3.79. The lowest BCUT2D eigenvalue weighted by Gasteiger charge is -1.97. The molecule has 1 aromatic carbocycles. The molecule has 0 spiro atoms. The highest BCUT2D eigenvalue weighted by Gasteiger charge is 2.20. The second-order valence-corrected chi connectivity index (χ2v) is 2.64. The normalized spacial score (nSPS) is 9.60. The molecule has 1 rings (SSSR count). The summed E-state index contributed by atoms with van der Waals surface area (Å²) in [6.45, 7) is 0. The molecule has 1 aromatic rings. The van der Waals surface area contributed by atoms with Crippen LogP contribution in [0.1, 0.15) is 20.7 Å². The predicted molar refractivity (Wildman–Crippen MR) is 48.3 cm³/mol. The van der Waals surface area contributed by atoms with Crippen LogP contribution in [0, 0.1) is 0 Å². The van der Waals surface area contributed by atoms with Crippen molar-refractivity contribution in [3.63, 3.8) is 0 Å². The highest BCUT2D eigenvalue weighted by Crippen LogP contribution is 2.15. The minimum absolute atomic E-state index is 0.637. The van der Waals surface area contributed by atoms with Crippen LogP contribution in [-0.4, -0.2) is 27.3 Å². The topological polar surface area (TPSA) is 112 Å². The third-order valence-corrected chi connectivity index (χ3v) is 1.69. The molecule has 0 saturated heterocycles. The van der Waals surface area contributed by atoms with Gasteiger partial charge in [0.25, 0.3) is 0 Å². The van der Waals surface area contributed by atoms with Crippen LogP contribution in [0.15, 0.2) is 23.0 Å². The molecule has 0 radical (unpaired) electrons. The number of aromatic hydroxyl groups is 1. The zero-order chi connectivity index (χ0) is 11.6. The molecule has 6 nitrogen and oxygen atoms in total. The van der Waals surface area contributed by atoms with E-state index in [1.54, 1.807) is 0 Å². The molecule has 0 heterocycles. The Hall–Kier alpha value is -2.37. The third-order valence-electron chi connectivity index (χ3n) is 1.69. The summed E-state index contributed by atoms with van der Waals surface area (Å²) in [5.41, 5.74) is -2.49. The van der Waals surface area contributed by atoms with E-state index in [-0.39, 0.29) is 0 Å². The molecule has 0 aromatic heterocycles. The second-order valence-electron chi connectivity index (χ2n) is 2.64. The Morgan fingerprint density at radius 1 is 1.07 bits per heavy atom. The van der Waals surface area contributed by atoms with Gasteiger partial charge in [0, 0.05) is 0 Å². The Bertz CT molecular complexity index is 490. The standard InChI is InChI=1S/C9H6O6/c10-5-3-1-2-4(8(12)13)6(7(5)11)9(14)15/h1-3H,(H,10,11)(H,12,13)(H,14,15). The summed E-state index contributed by atoms with van der Waals surface area (Å²) in [6.07, 6.45) is 0. The van der Waals surface area contributed by atoms with Gasteiger partial charge in [-0.3, -0.25) is 4.79 Å². The summed E-state index contributed by atoms with van der Waals surface area (Å²) < 4.78 is 0. The monoisotopic (exact) mass is 210 g/mol. The van der Waals surface area contributed by atoms with Crippen molar-refractivity contribution in [2.45, 2.75) is 0 Å². The van der Waals surface area contributed by atoms with Gasteiger partial charge in [-0.1, -0.05) is 6.07 Å². The van der Waals surface area contributed by atoms with Gasteiger partial charge in [-0.25, -0.2) is 9.59 Å². The fourth-order valence-electron chi connectivity index (χ4n) is 1.04. The first kappa shape index (κ1) is 10.7. The zero-order valence-electron chi connectivity index (χ0n) is 7.30. The van der Waals surface area contributed by atoms with Crippen LogP contribution in [0.5, 0.6) is 5.75 Å². The summed E-state index contributed by atoms with van der Waals surface area (Å²) in [7, 11) is 0. The van der Waals surface area contributed by atoms with Crippen molar-refractivity contribution < 1.29 is 24.9 Å². The number of carboxylic acids is 2. The Kier molecular flexibility index (Phi) is 2.70. The zero-order valence-corrected chi connectivity index (χ0v) is 7.30. The molecule has 3 N–H and O–H groups in total. The van der Waals surface area contributed by atoms with Crippen LogP contribution < -0.4 is 5.43 Å². The van der Waals surface area contributed by atoms with Crippen molar-refractivity contribution in [3.05, 3.63) is 39.5 Å². The van der Waals surface area contributed by atoms with Gasteiger partial charge >= 0.3 is 11.9 Å². The Morgan fingerprint density at radius 2 is 1.67 bits per heavy atom. The maximum Gasteiger partial charge on any atom is 0.340 e. The van der Waals surface area contributed by atoms with Crippen molar-refractivity contribution in [1.29, 1.82) is 0 Å². The average Bonchev–Trinajstić information content (AvgIpc) is 2.27. The SMILES string of the molecule is O=C(O)c1cccc(=O)c(O)c1C(=O)O. The quantitative estimate of drug-likeness (QED) is 0.640. The van der Waals surface area contributed by atoms with Gasteiger partial charge in [-0.05, 0) is 12.1 Å². The molecular formula is C9H6O6. The van der Waals surface area contributed by atoms with E-state index in [1.165, 1.54) is 0 Å². The number of hydrogen-bond donors (Lipinski definition) is 3. The summed E-state index contributed by atoms with van der Waals surface area (Å²) in [6, 6.07) is 2.89. The first-order chi connectivity index (χ1) is 6.95. The van der Waals surface area contributed by atoms with Gasteiger partial charge in [-0.2, -0.15) is 0 Å². The largest absolute Gasteiger partial charge is 0.504 e. The fraction of sp³-hybridized carbons (Fsp3) is 0. The van der Waals surface area contributed by atoms with E-state index in [2.05, 4.69) is 0 Å². The lowest BCUT2D eigenvalue weighted by Crippen LogP contribution is -2.09. The van der Waals surface area contributed by atoms with Crippen molar-refractivity contribution in [2.75, 3.05) is 0 Å². The summed E-state index contributed by atoms with van der Waals surface area (Å²) in [4.78, 5) is 32.3. The van der Waals surface area contributed by atoms with Crippen LogP contribution in [0.4, 0.5) is 0 Å². The van der Waals surface area contributed by atoms with E-state index in [1.807, 2.05) is 0 Å². The molecule has 6 heteroatoms. The van der Waals surface area contributed by atoms with Gasteiger partial charge in [0.05, 0.1) is 5.56 Å². The van der Waals surface area contributed by atoms with Crippen LogP contribution in [0.3, 0.4) is 0 Å². The summed E-state index contributed by atoms with van der Waals surface area (Å²) in [5.74, 6) is -4.28. The molecule has 0 unspecified atom stereocenters. The molecule has 0 saturated carbocycles. The van der Waals surface area contributed by atoms with Crippen molar-refractivity contribution in [1.82, 2.24) is 0 Å². The van der Waals surface area contributed by atoms with E-state index in [0.29, 0.717) is 0 Å². The van der Waals surface area contributed by atoms with Crippen LogP contribution >= 0.6 is 0 Å². The van der Waals surface area contributed by atoms with E-state index in [0.717, 1.165) is 18.2 Å². The van der Waals surface area contributed by atoms with Crippen molar-refractivity contribution in [2.24, 2.45) is 0 Å². The fourth-order valence-corrected chi connectivity index (χ4v) is 1.04. The molecule has 0 aliphatic carbocycles. The summed E-state index contributed by atoms with van der Waals surface area (Å²) in [5, 5.41) is 26.5. The lowest BCUT2D eigenvalue weighted by atomic mass is 10.1. The first-order valence-electron chi connectivity index (χ1n) is 3.78. The molecular weight excluding hydrogens is 204 g/mol. The minimum Gasteiger partial charge on any atom is -0.504 e. The van der Waals surface area contributed by atoms with Gasteiger partial charge < -0.3 is 15.3 Å². The smallest absolute Gasteiger partial charge is 0.340 e. The molecule has 0 aliphatic heterocycles. The van der Waals surface area contributed by atoms with Gasteiger partial charge in [0.15, 0.2) is 5.75 Å². The molecule has 0 aliphatic rings. The van der Waals surface area contributed by atoms with Crippen LogP contribution in [-0.2, 0) is 0 Å².